The number of carbonyl (C=O) groups excluding carboxylic acids is 2. The lowest BCUT2D eigenvalue weighted by Gasteiger charge is -2.12. The monoisotopic (exact) mass is 355 g/mol. The Labute approximate surface area is 148 Å². The van der Waals surface area contributed by atoms with E-state index in [0.29, 0.717) is 28.2 Å². The van der Waals surface area contributed by atoms with E-state index in [0.717, 1.165) is 0 Å². The van der Waals surface area contributed by atoms with Gasteiger partial charge in [0.2, 0.25) is 11.8 Å². The van der Waals surface area contributed by atoms with Crippen molar-refractivity contribution in [3.63, 3.8) is 0 Å². The molecule has 134 valence electrons. The third-order valence-electron chi connectivity index (χ3n) is 3.67. The molecule has 0 saturated carbocycles. The second-order valence-corrected chi connectivity index (χ2v) is 5.57. The van der Waals surface area contributed by atoms with Gasteiger partial charge in [-0.3, -0.25) is 14.2 Å². The lowest BCUT2D eigenvalue weighted by molar-refractivity contribution is -0.117. The van der Waals surface area contributed by atoms with E-state index in [1.165, 1.54) is 18.6 Å². The molecule has 0 bridgehead atoms. The highest BCUT2D eigenvalue weighted by Gasteiger charge is 2.14. The molecule has 0 saturated heterocycles. The SMILES string of the molecule is COc1ccc(NC(C)=O)cc1NC(=O)Cn1c(=O)oc2ccccc21. The van der Waals surface area contributed by atoms with E-state index in [4.69, 9.17) is 9.15 Å². The van der Waals surface area contributed by atoms with Gasteiger partial charge in [0.1, 0.15) is 12.3 Å². The molecule has 0 spiro atoms. The third kappa shape index (κ3) is 3.59. The Morgan fingerprint density at radius 3 is 2.65 bits per heavy atom. The van der Waals surface area contributed by atoms with Crippen LogP contribution in [0.4, 0.5) is 11.4 Å². The Hall–Kier alpha value is -3.55. The summed E-state index contributed by atoms with van der Waals surface area (Å²) in [6.07, 6.45) is 0. The number of fused-ring (bicyclic) bond motifs is 1. The van der Waals surface area contributed by atoms with Crippen LogP contribution < -0.4 is 21.1 Å². The summed E-state index contributed by atoms with van der Waals surface area (Å²) in [6.45, 7) is 1.17. The smallest absolute Gasteiger partial charge is 0.420 e. The van der Waals surface area contributed by atoms with Crippen molar-refractivity contribution < 1.29 is 18.7 Å². The van der Waals surface area contributed by atoms with Gasteiger partial charge in [0, 0.05) is 12.6 Å². The van der Waals surface area contributed by atoms with Crippen molar-refractivity contribution in [1.82, 2.24) is 4.57 Å². The summed E-state index contributed by atoms with van der Waals surface area (Å²) in [5.41, 5.74) is 1.84. The number of methoxy groups -OCH3 is 1. The molecular formula is C18H17N3O5. The summed E-state index contributed by atoms with van der Waals surface area (Å²) >= 11 is 0. The molecule has 1 heterocycles. The molecule has 0 aliphatic heterocycles. The van der Waals surface area contributed by atoms with Crippen molar-refractivity contribution in [1.29, 1.82) is 0 Å². The van der Waals surface area contributed by atoms with E-state index in [1.54, 1.807) is 42.5 Å². The van der Waals surface area contributed by atoms with Crippen molar-refractivity contribution in [3.8, 4) is 5.75 Å². The van der Waals surface area contributed by atoms with E-state index >= 15 is 0 Å². The minimum absolute atomic E-state index is 0.219. The molecule has 0 aliphatic rings. The molecule has 1 aromatic heterocycles. The molecule has 3 aromatic rings. The van der Waals surface area contributed by atoms with Crippen LogP contribution in [0.1, 0.15) is 6.92 Å². The zero-order valence-corrected chi connectivity index (χ0v) is 14.2. The number of para-hydroxylation sites is 2. The molecule has 2 N–H and O–H groups in total. The van der Waals surface area contributed by atoms with Crippen LogP contribution in [0.2, 0.25) is 0 Å². The van der Waals surface area contributed by atoms with E-state index < -0.39 is 11.7 Å². The maximum absolute atomic E-state index is 12.4. The highest BCUT2D eigenvalue weighted by molar-refractivity contribution is 5.95. The number of rotatable bonds is 5. The summed E-state index contributed by atoms with van der Waals surface area (Å²) < 4.78 is 11.6. The highest BCUT2D eigenvalue weighted by Crippen LogP contribution is 2.28. The van der Waals surface area contributed by atoms with Crippen molar-refractivity contribution in [2.24, 2.45) is 0 Å². The van der Waals surface area contributed by atoms with Crippen molar-refractivity contribution in [2.45, 2.75) is 13.5 Å². The maximum atomic E-state index is 12.4. The second kappa shape index (κ2) is 7.14. The average Bonchev–Trinajstić information content (AvgIpc) is 2.90. The van der Waals surface area contributed by atoms with Crippen LogP contribution >= 0.6 is 0 Å². The first-order valence-corrected chi connectivity index (χ1v) is 7.82. The number of carbonyl (C=O) groups is 2. The van der Waals surface area contributed by atoms with Gasteiger partial charge in [-0.1, -0.05) is 12.1 Å². The summed E-state index contributed by atoms with van der Waals surface area (Å²) in [4.78, 5) is 35.6. The molecule has 2 amide bonds. The van der Waals surface area contributed by atoms with E-state index in [1.807, 2.05) is 0 Å². The zero-order chi connectivity index (χ0) is 18.7. The maximum Gasteiger partial charge on any atom is 0.420 e. The van der Waals surface area contributed by atoms with Crippen LogP contribution in [0.3, 0.4) is 0 Å². The van der Waals surface area contributed by atoms with E-state index in [9.17, 15) is 14.4 Å². The minimum Gasteiger partial charge on any atom is -0.495 e. The first-order valence-electron chi connectivity index (χ1n) is 7.82. The molecular weight excluding hydrogens is 338 g/mol. The number of hydrogen-bond donors (Lipinski definition) is 2. The Balaban J connectivity index is 1.84. The Kier molecular flexibility index (Phi) is 4.74. The molecule has 0 unspecified atom stereocenters. The van der Waals surface area contributed by atoms with Crippen molar-refractivity contribution in [3.05, 3.63) is 53.0 Å². The Morgan fingerprint density at radius 1 is 1.15 bits per heavy atom. The summed E-state index contributed by atoms with van der Waals surface area (Å²) in [7, 11) is 1.47. The first kappa shape index (κ1) is 17.3. The summed E-state index contributed by atoms with van der Waals surface area (Å²) in [5.74, 6) is -0.849. The van der Waals surface area contributed by atoms with Crippen LogP contribution in [0, 0.1) is 0 Å². The summed E-state index contributed by atoms with van der Waals surface area (Å²) in [6, 6.07) is 11.7. The van der Waals surface area contributed by atoms with Crippen LogP contribution in [0.25, 0.3) is 11.1 Å². The van der Waals surface area contributed by atoms with Crippen LogP contribution in [-0.2, 0) is 16.1 Å². The summed E-state index contributed by atoms with van der Waals surface area (Å²) in [5, 5.41) is 5.32. The molecule has 2 aromatic carbocycles. The van der Waals surface area contributed by atoms with Crippen molar-refractivity contribution >= 4 is 34.3 Å². The number of ether oxygens (including phenoxy) is 1. The number of oxazole rings is 1. The van der Waals surface area contributed by atoms with Crippen LogP contribution in [-0.4, -0.2) is 23.5 Å². The Morgan fingerprint density at radius 2 is 1.92 bits per heavy atom. The normalized spacial score (nSPS) is 10.5. The number of hydrogen-bond acceptors (Lipinski definition) is 5. The largest absolute Gasteiger partial charge is 0.495 e. The zero-order valence-electron chi connectivity index (χ0n) is 14.2. The quantitative estimate of drug-likeness (QED) is 0.730. The van der Waals surface area contributed by atoms with Gasteiger partial charge in [-0.15, -0.1) is 0 Å². The molecule has 26 heavy (non-hydrogen) atoms. The Bertz CT molecular complexity index is 1030. The molecule has 0 radical (unpaired) electrons. The number of aromatic nitrogens is 1. The predicted molar refractivity (Wildman–Crippen MR) is 96.4 cm³/mol. The molecule has 0 atom stereocenters. The molecule has 8 heteroatoms. The van der Waals surface area contributed by atoms with Gasteiger partial charge >= 0.3 is 5.76 Å². The number of anilines is 2. The van der Waals surface area contributed by atoms with Gasteiger partial charge < -0.3 is 19.8 Å². The molecule has 0 aliphatic carbocycles. The van der Waals surface area contributed by atoms with Gasteiger partial charge in [-0.05, 0) is 30.3 Å². The van der Waals surface area contributed by atoms with Crippen LogP contribution in [0.15, 0.2) is 51.7 Å². The molecule has 8 nitrogen and oxygen atoms in total. The number of nitrogens with one attached hydrogen (secondary N) is 2. The predicted octanol–water partition coefficient (Wildman–Crippen LogP) is 2.20. The van der Waals surface area contributed by atoms with Gasteiger partial charge in [0.15, 0.2) is 5.58 Å². The number of benzene rings is 2. The lowest BCUT2D eigenvalue weighted by Crippen LogP contribution is -2.25. The fraction of sp³-hybridized carbons (Fsp3) is 0.167. The van der Waals surface area contributed by atoms with Gasteiger partial charge in [0.05, 0.1) is 18.3 Å². The molecule has 3 rings (SSSR count). The number of amides is 2. The molecule has 0 fully saturated rings. The van der Waals surface area contributed by atoms with Gasteiger partial charge in [0.25, 0.3) is 0 Å². The minimum atomic E-state index is -0.611. The van der Waals surface area contributed by atoms with E-state index in [2.05, 4.69) is 10.6 Å². The van der Waals surface area contributed by atoms with Gasteiger partial charge in [-0.2, -0.15) is 0 Å². The lowest BCUT2D eigenvalue weighted by atomic mass is 10.2. The van der Waals surface area contributed by atoms with Crippen molar-refractivity contribution in [2.75, 3.05) is 17.7 Å². The number of nitrogens with zero attached hydrogens (tertiary/aromatic N) is 1. The topological polar surface area (TPSA) is 103 Å². The van der Waals surface area contributed by atoms with E-state index in [-0.39, 0.29) is 12.5 Å². The average molecular weight is 355 g/mol. The highest BCUT2D eigenvalue weighted by atomic mass is 16.5. The van der Waals surface area contributed by atoms with Gasteiger partial charge in [-0.25, -0.2) is 4.79 Å². The second-order valence-electron chi connectivity index (χ2n) is 5.57. The fourth-order valence-electron chi connectivity index (χ4n) is 2.58. The standard InChI is InChI=1S/C18H17N3O5/c1-11(22)19-12-7-8-15(25-2)13(9-12)20-17(23)10-21-14-5-3-4-6-16(14)26-18(21)24/h3-9H,10H2,1-2H3,(H,19,22)(H,20,23). The fourth-order valence-corrected chi connectivity index (χ4v) is 2.58. The first-order chi connectivity index (χ1) is 12.5. The van der Waals surface area contributed by atoms with Crippen LogP contribution in [0.5, 0.6) is 5.75 Å². The third-order valence-corrected chi connectivity index (χ3v) is 3.67.